The first-order valence-electron chi connectivity index (χ1n) is 8.74. The third-order valence-electron chi connectivity index (χ3n) is 4.59. The van der Waals surface area contributed by atoms with Crippen molar-refractivity contribution in [2.45, 2.75) is 19.5 Å². The number of carboxylic acids is 1. The highest BCUT2D eigenvalue weighted by molar-refractivity contribution is 5.87. The first kappa shape index (κ1) is 17.1. The average molecular weight is 361 g/mol. The smallest absolute Gasteiger partial charge is 0.337 e. The number of nitrogens with zero attached hydrogens (tertiary/aromatic N) is 4. The lowest BCUT2D eigenvalue weighted by Crippen LogP contribution is -2.31. The molecule has 7 heteroatoms. The summed E-state index contributed by atoms with van der Waals surface area (Å²) in [5, 5.41) is 12.2. The van der Waals surface area contributed by atoms with Crippen LogP contribution in [0.3, 0.4) is 0 Å². The van der Waals surface area contributed by atoms with Crippen molar-refractivity contribution in [1.29, 1.82) is 0 Å². The van der Waals surface area contributed by atoms with Crippen LogP contribution in [0.1, 0.15) is 27.2 Å². The molecule has 0 fully saturated rings. The van der Waals surface area contributed by atoms with Crippen LogP contribution in [-0.2, 0) is 19.5 Å². The van der Waals surface area contributed by atoms with Gasteiger partial charge >= 0.3 is 5.97 Å². The molecule has 0 amide bonds. The number of aromatic nitrogens is 3. The second kappa shape index (κ2) is 7.51. The molecule has 3 aromatic rings. The number of rotatable bonds is 5. The summed E-state index contributed by atoms with van der Waals surface area (Å²) in [4.78, 5) is 26.3. The van der Waals surface area contributed by atoms with Gasteiger partial charge in [0, 0.05) is 31.4 Å². The van der Waals surface area contributed by atoms with Gasteiger partial charge in [0.15, 0.2) is 0 Å². The maximum Gasteiger partial charge on any atom is 0.337 e. The Bertz CT molecular complexity index is 944. The van der Waals surface area contributed by atoms with E-state index in [0.717, 1.165) is 43.1 Å². The molecule has 136 valence electrons. The van der Waals surface area contributed by atoms with Crippen molar-refractivity contribution in [3.8, 4) is 0 Å². The molecule has 3 heterocycles. The zero-order valence-electron chi connectivity index (χ0n) is 14.7. The molecular formula is C20H19N5O2. The van der Waals surface area contributed by atoms with Gasteiger partial charge in [-0.05, 0) is 24.1 Å². The Hall–Kier alpha value is -3.32. The van der Waals surface area contributed by atoms with E-state index in [2.05, 4.69) is 49.4 Å². The fraction of sp³-hybridized carbons (Fsp3) is 0.200. The van der Waals surface area contributed by atoms with Gasteiger partial charge in [0.1, 0.15) is 18.0 Å². The lowest BCUT2D eigenvalue weighted by molar-refractivity contribution is 0.0696. The average Bonchev–Trinajstić information content (AvgIpc) is 2.69. The van der Waals surface area contributed by atoms with Crippen LogP contribution in [0.2, 0.25) is 0 Å². The Balaban J connectivity index is 1.49. The van der Waals surface area contributed by atoms with E-state index in [-0.39, 0.29) is 5.56 Å². The lowest BCUT2D eigenvalue weighted by atomic mass is 10.0. The molecule has 0 bridgehead atoms. The summed E-state index contributed by atoms with van der Waals surface area (Å²) in [6.07, 6.45) is 3.73. The van der Waals surface area contributed by atoms with Gasteiger partial charge in [-0.25, -0.2) is 19.7 Å². The monoisotopic (exact) mass is 361 g/mol. The van der Waals surface area contributed by atoms with Crippen LogP contribution in [-0.4, -0.2) is 37.5 Å². The van der Waals surface area contributed by atoms with Crippen LogP contribution in [0, 0.1) is 0 Å². The summed E-state index contributed by atoms with van der Waals surface area (Å²) in [6.45, 7) is 2.59. The lowest BCUT2D eigenvalue weighted by Gasteiger charge is -2.28. The Labute approximate surface area is 156 Å². The van der Waals surface area contributed by atoms with E-state index in [4.69, 9.17) is 5.11 Å². The van der Waals surface area contributed by atoms with Crippen LogP contribution >= 0.6 is 0 Å². The molecule has 0 unspecified atom stereocenters. The molecule has 0 saturated heterocycles. The van der Waals surface area contributed by atoms with E-state index < -0.39 is 5.97 Å². The number of aromatic carboxylic acids is 1. The van der Waals surface area contributed by atoms with Gasteiger partial charge in [-0.3, -0.25) is 4.90 Å². The molecule has 1 aliphatic heterocycles. The maximum absolute atomic E-state index is 10.9. The van der Waals surface area contributed by atoms with Crippen LogP contribution in [0.15, 0.2) is 55.0 Å². The minimum atomic E-state index is -0.994. The van der Waals surface area contributed by atoms with Gasteiger partial charge < -0.3 is 10.4 Å². The van der Waals surface area contributed by atoms with Crippen LogP contribution in [0.25, 0.3) is 0 Å². The second-order valence-electron chi connectivity index (χ2n) is 6.46. The van der Waals surface area contributed by atoms with E-state index in [0.29, 0.717) is 5.82 Å². The number of hydrogen-bond donors (Lipinski definition) is 2. The first-order chi connectivity index (χ1) is 13.2. The second-order valence-corrected chi connectivity index (χ2v) is 6.46. The van der Waals surface area contributed by atoms with E-state index in [9.17, 15) is 4.79 Å². The molecule has 4 rings (SSSR count). The first-order valence-corrected chi connectivity index (χ1v) is 8.74. The number of carboxylic acid groups (broad SMARTS) is 1. The summed E-state index contributed by atoms with van der Waals surface area (Å²) in [7, 11) is 0. The molecule has 0 atom stereocenters. The van der Waals surface area contributed by atoms with Crippen molar-refractivity contribution in [3.05, 3.63) is 77.4 Å². The highest BCUT2D eigenvalue weighted by atomic mass is 16.4. The highest BCUT2D eigenvalue weighted by Crippen LogP contribution is 2.25. The minimum absolute atomic E-state index is 0.154. The van der Waals surface area contributed by atoms with E-state index in [1.165, 1.54) is 17.8 Å². The number of fused-ring (bicyclic) bond motifs is 1. The molecular weight excluding hydrogens is 342 g/mol. The number of pyridine rings is 1. The van der Waals surface area contributed by atoms with Crippen LogP contribution < -0.4 is 5.32 Å². The molecule has 0 spiro atoms. The van der Waals surface area contributed by atoms with Crippen molar-refractivity contribution in [2.75, 3.05) is 11.9 Å². The number of nitrogens with one attached hydrogen (secondary N) is 1. The zero-order chi connectivity index (χ0) is 18.6. The van der Waals surface area contributed by atoms with Gasteiger partial charge in [-0.15, -0.1) is 0 Å². The minimum Gasteiger partial charge on any atom is -0.478 e. The van der Waals surface area contributed by atoms with Crippen molar-refractivity contribution < 1.29 is 9.90 Å². The number of anilines is 2. The highest BCUT2D eigenvalue weighted by Gasteiger charge is 2.21. The van der Waals surface area contributed by atoms with Crippen molar-refractivity contribution in [3.63, 3.8) is 0 Å². The molecule has 0 radical (unpaired) electrons. The fourth-order valence-electron chi connectivity index (χ4n) is 3.21. The normalized spacial score (nSPS) is 13.8. The Morgan fingerprint density at radius 2 is 1.96 bits per heavy atom. The summed E-state index contributed by atoms with van der Waals surface area (Å²) in [5.41, 5.74) is 3.54. The quantitative estimate of drug-likeness (QED) is 0.722. The van der Waals surface area contributed by atoms with Crippen molar-refractivity contribution in [2.24, 2.45) is 0 Å². The molecule has 27 heavy (non-hydrogen) atoms. The standard InChI is InChI=1S/C20H19N5O2/c26-20(27)15-6-7-18(21-10-15)24-19-16-8-9-25(12-17(16)22-13-23-19)11-14-4-2-1-3-5-14/h1-7,10,13H,8-9,11-12H2,(H,26,27)(H,21,22,23,24). The molecule has 2 aromatic heterocycles. The number of benzene rings is 1. The molecule has 0 saturated carbocycles. The molecule has 7 nitrogen and oxygen atoms in total. The summed E-state index contributed by atoms with van der Waals surface area (Å²) >= 11 is 0. The van der Waals surface area contributed by atoms with Crippen LogP contribution in [0.5, 0.6) is 0 Å². The predicted molar refractivity (Wildman–Crippen MR) is 101 cm³/mol. The summed E-state index contributed by atoms with van der Waals surface area (Å²) in [5.74, 6) is 0.300. The topological polar surface area (TPSA) is 91.2 Å². The van der Waals surface area contributed by atoms with E-state index >= 15 is 0 Å². The molecule has 2 N–H and O–H groups in total. The third-order valence-corrected chi connectivity index (χ3v) is 4.59. The van der Waals surface area contributed by atoms with Gasteiger partial charge in [-0.1, -0.05) is 30.3 Å². The number of hydrogen-bond acceptors (Lipinski definition) is 6. The Morgan fingerprint density at radius 3 is 2.70 bits per heavy atom. The molecule has 0 aliphatic carbocycles. The van der Waals surface area contributed by atoms with Crippen molar-refractivity contribution >= 4 is 17.6 Å². The molecule has 1 aliphatic rings. The molecule has 1 aromatic carbocycles. The van der Waals surface area contributed by atoms with E-state index in [1.54, 1.807) is 12.4 Å². The van der Waals surface area contributed by atoms with E-state index in [1.807, 2.05) is 6.07 Å². The fourth-order valence-corrected chi connectivity index (χ4v) is 3.21. The van der Waals surface area contributed by atoms with Crippen molar-refractivity contribution in [1.82, 2.24) is 19.9 Å². The van der Waals surface area contributed by atoms with Gasteiger partial charge in [0.05, 0.1) is 11.3 Å². The Kier molecular flexibility index (Phi) is 4.76. The Morgan fingerprint density at radius 1 is 1.11 bits per heavy atom. The zero-order valence-corrected chi connectivity index (χ0v) is 14.7. The van der Waals surface area contributed by atoms with Gasteiger partial charge in [0.25, 0.3) is 0 Å². The largest absolute Gasteiger partial charge is 0.478 e. The maximum atomic E-state index is 10.9. The summed E-state index contributed by atoms with van der Waals surface area (Å²) in [6, 6.07) is 13.6. The summed E-state index contributed by atoms with van der Waals surface area (Å²) < 4.78 is 0. The third kappa shape index (κ3) is 3.93. The number of carbonyl (C=O) groups is 1. The van der Waals surface area contributed by atoms with Gasteiger partial charge in [-0.2, -0.15) is 0 Å². The predicted octanol–water partition coefficient (Wildman–Crippen LogP) is 2.87. The SMILES string of the molecule is O=C(O)c1ccc(Nc2ncnc3c2CCN(Cc2ccccc2)C3)nc1. The van der Waals surface area contributed by atoms with Gasteiger partial charge in [0.2, 0.25) is 0 Å². The van der Waals surface area contributed by atoms with Crippen LogP contribution in [0.4, 0.5) is 11.6 Å².